The van der Waals surface area contributed by atoms with Gasteiger partial charge in [-0.1, -0.05) is 62.4 Å². The molecule has 1 atom stereocenters. The molecular formula is C37H36FN3O4. The summed E-state index contributed by atoms with van der Waals surface area (Å²) in [6.07, 6.45) is 0.994. The molecule has 45 heavy (non-hydrogen) atoms. The van der Waals surface area contributed by atoms with E-state index >= 15 is 4.39 Å². The van der Waals surface area contributed by atoms with Gasteiger partial charge in [0.05, 0.1) is 31.1 Å². The average Bonchev–Trinajstić information content (AvgIpc) is 3.15. The molecule has 1 heterocycles. The minimum atomic E-state index is -0.680. The van der Waals surface area contributed by atoms with E-state index in [0.29, 0.717) is 42.0 Å². The Bertz CT molecular complexity index is 1770. The van der Waals surface area contributed by atoms with Crippen molar-refractivity contribution in [2.75, 3.05) is 23.9 Å². The van der Waals surface area contributed by atoms with Gasteiger partial charge in [0, 0.05) is 24.2 Å². The van der Waals surface area contributed by atoms with Crippen LogP contribution in [0.2, 0.25) is 0 Å². The number of hydrogen-bond acceptors (Lipinski definition) is 6. The van der Waals surface area contributed by atoms with Crippen LogP contribution < -0.4 is 25.0 Å². The van der Waals surface area contributed by atoms with E-state index < -0.39 is 11.9 Å². The zero-order valence-corrected chi connectivity index (χ0v) is 25.6. The quantitative estimate of drug-likeness (QED) is 0.216. The van der Waals surface area contributed by atoms with Gasteiger partial charge >= 0.3 is 0 Å². The van der Waals surface area contributed by atoms with Crippen LogP contribution in [0.1, 0.15) is 43.9 Å². The van der Waals surface area contributed by atoms with Crippen LogP contribution in [0.15, 0.2) is 108 Å². The number of rotatable bonds is 8. The van der Waals surface area contributed by atoms with Crippen molar-refractivity contribution in [3.8, 4) is 17.2 Å². The number of nitrogens with one attached hydrogen (secondary N) is 2. The molecule has 0 fully saturated rings. The number of carbonyl (C=O) groups is 2. The van der Waals surface area contributed by atoms with Crippen LogP contribution in [-0.4, -0.2) is 25.3 Å². The molecular weight excluding hydrogens is 569 g/mol. The fraction of sp³-hybridized carbons (Fsp3) is 0.243. The van der Waals surface area contributed by atoms with Crippen LogP contribution >= 0.6 is 0 Å². The number of fused-ring (bicyclic) bond motifs is 1. The molecule has 230 valence electrons. The van der Waals surface area contributed by atoms with E-state index in [0.717, 1.165) is 22.6 Å². The third kappa shape index (κ3) is 6.55. The van der Waals surface area contributed by atoms with Crippen molar-refractivity contribution < 1.29 is 23.5 Å². The number of benzene rings is 4. The summed E-state index contributed by atoms with van der Waals surface area (Å²) in [4.78, 5) is 29.6. The number of nitrogens with zero attached hydrogens (tertiary/aromatic N) is 1. The Hall–Kier alpha value is -5.11. The van der Waals surface area contributed by atoms with Gasteiger partial charge in [0.2, 0.25) is 5.91 Å². The average molecular weight is 606 g/mol. The SMILES string of the molecule is COc1cccc(CNC(=O)CN2c3ccccc3NC3=C(C(=O)CC(C)(C)C3)C2c2ccc(F)c(Oc3ccccc3)c2)c1. The van der Waals surface area contributed by atoms with E-state index in [2.05, 4.69) is 24.5 Å². The Labute approximate surface area is 262 Å². The molecule has 4 aromatic rings. The van der Waals surface area contributed by atoms with Gasteiger partial charge in [-0.15, -0.1) is 0 Å². The van der Waals surface area contributed by atoms with Crippen LogP contribution in [0.5, 0.6) is 17.2 Å². The lowest BCUT2D eigenvalue weighted by Crippen LogP contribution is -2.41. The van der Waals surface area contributed by atoms with Gasteiger partial charge in [-0.25, -0.2) is 4.39 Å². The van der Waals surface area contributed by atoms with E-state index in [1.165, 1.54) is 6.07 Å². The number of amides is 1. The molecule has 8 heteroatoms. The summed E-state index contributed by atoms with van der Waals surface area (Å²) in [5.41, 5.74) is 4.22. The largest absolute Gasteiger partial charge is 0.497 e. The van der Waals surface area contributed by atoms with Crippen molar-refractivity contribution >= 4 is 23.1 Å². The first kappa shape index (κ1) is 29.9. The fourth-order valence-electron chi connectivity index (χ4n) is 6.15. The third-order valence-corrected chi connectivity index (χ3v) is 8.18. The molecule has 0 radical (unpaired) electrons. The fourth-order valence-corrected chi connectivity index (χ4v) is 6.15. The number of hydrogen-bond donors (Lipinski definition) is 2. The van der Waals surface area contributed by atoms with Crippen molar-refractivity contribution in [1.29, 1.82) is 0 Å². The predicted molar refractivity (Wildman–Crippen MR) is 173 cm³/mol. The Morgan fingerprint density at radius 1 is 0.956 bits per heavy atom. The first-order valence-electron chi connectivity index (χ1n) is 15.0. The van der Waals surface area contributed by atoms with Crippen LogP contribution in [0.25, 0.3) is 0 Å². The summed E-state index contributed by atoms with van der Waals surface area (Å²) in [5, 5.41) is 6.58. The lowest BCUT2D eigenvalue weighted by Gasteiger charge is -2.38. The minimum Gasteiger partial charge on any atom is -0.497 e. The minimum absolute atomic E-state index is 0.0109. The molecule has 6 rings (SSSR count). The lowest BCUT2D eigenvalue weighted by molar-refractivity contribution is -0.120. The highest BCUT2D eigenvalue weighted by Gasteiger charge is 2.42. The number of methoxy groups -OCH3 is 1. The monoisotopic (exact) mass is 605 g/mol. The maximum Gasteiger partial charge on any atom is 0.239 e. The van der Waals surface area contributed by atoms with Crippen LogP contribution in [0, 0.1) is 11.2 Å². The molecule has 0 bridgehead atoms. The number of ether oxygens (including phenoxy) is 2. The number of ketones is 1. The smallest absolute Gasteiger partial charge is 0.239 e. The van der Waals surface area contributed by atoms with E-state index in [1.54, 1.807) is 31.4 Å². The summed E-state index contributed by atoms with van der Waals surface area (Å²) < 4.78 is 26.5. The maximum absolute atomic E-state index is 15.2. The lowest BCUT2D eigenvalue weighted by atomic mass is 9.73. The topological polar surface area (TPSA) is 79.9 Å². The summed E-state index contributed by atoms with van der Waals surface area (Å²) in [5.74, 6) is 0.472. The number of halogens is 1. The number of anilines is 2. The van der Waals surface area contributed by atoms with E-state index in [1.807, 2.05) is 71.6 Å². The van der Waals surface area contributed by atoms with Gasteiger partial charge in [0.15, 0.2) is 17.3 Å². The molecule has 1 aliphatic heterocycles. The van der Waals surface area contributed by atoms with Crippen LogP contribution in [-0.2, 0) is 16.1 Å². The number of para-hydroxylation sites is 3. The first-order chi connectivity index (χ1) is 21.7. The summed E-state index contributed by atoms with van der Waals surface area (Å²) >= 11 is 0. The molecule has 0 spiro atoms. The second-order valence-corrected chi connectivity index (χ2v) is 12.2. The predicted octanol–water partition coefficient (Wildman–Crippen LogP) is 7.56. The normalized spacial score (nSPS) is 17.0. The maximum atomic E-state index is 15.2. The summed E-state index contributed by atoms with van der Waals surface area (Å²) in [6, 6.07) is 28.2. The molecule has 0 saturated carbocycles. The van der Waals surface area contributed by atoms with Crippen molar-refractivity contribution in [1.82, 2.24) is 5.32 Å². The Kier molecular flexibility index (Phi) is 8.30. The van der Waals surface area contributed by atoms with Crippen molar-refractivity contribution in [2.45, 2.75) is 39.3 Å². The Balaban J connectivity index is 1.43. The highest BCUT2D eigenvalue weighted by Crippen LogP contribution is 2.48. The van der Waals surface area contributed by atoms with Gasteiger partial charge in [-0.05, 0) is 71.5 Å². The highest BCUT2D eigenvalue weighted by molar-refractivity contribution is 6.02. The van der Waals surface area contributed by atoms with Crippen LogP contribution in [0.4, 0.5) is 15.8 Å². The summed E-state index contributed by atoms with van der Waals surface area (Å²) in [6.45, 7) is 4.42. The second-order valence-electron chi connectivity index (χ2n) is 12.2. The van der Waals surface area contributed by atoms with E-state index in [-0.39, 0.29) is 29.4 Å². The van der Waals surface area contributed by atoms with Gasteiger partial charge < -0.3 is 25.0 Å². The van der Waals surface area contributed by atoms with Gasteiger partial charge in [0.25, 0.3) is 0 Å². The molecule has 2 N–H and O–H groups in total. The zero-order chi connectivity index (χ0) is 31.6. The molecule has 0 aromatic heterocycles. The number of allylic oxidation sites excluding steroid dienone is 1. The van der Waals surface area contributed by atoms with Crippen molar-refractivity contribution in [2.24, 2.45) is 5.41 Å². The number of carbonyl (C=O) groups excluding carboxylic acids is 2. The van der Waals surface area contributed by atoms with E-state index in [4.69, 9.17) is 9.47 Å². The van der Waals surface area contributed by atoms with E-state index in [9.17, 15) is 9.59 Å². The summed E-state index contributed by atoms with van der Waals surface area (Å²) in [7, 11) is 1.60. The molecule has 2 aliphatic rings. The second kappa shape index (κ2) is 12.5. The zero-order valence-electron chi connectivity index (χ0n) is 25.6. The molecule has 1 amide bonds. The standard InChI is InChI=1S/C37H36FN3O4/c1-37(2)20-30-35(32(42)21-37)36(25-16-17-28(38)33(19-25)45-26-11-5-4-6-12-26)41(31-15-8-7-14-29(31)40-30)23-34(43)39-22-24-10-9-13-27(18-24)44-3/h4-19,36,40H,20-23H2,1-3H3,(H,39,43). The first-order valence-corrected chi connectivity index (χ1v) is 15.0. The molecule has 1 aliphatic carbocycles. The van der Waals surface area contributed by atoms with Crippen molar-refractivity contribution in [3.05, 3.63) is 125 Å². The molecule has 1 unspecified atom stereocenters. The Morgan fingerprint density at radius 2 is 1.71 bits per heavy atom. The molecule has 4 aromatic carbocycles. The number of Topliss-reactive ketones (excluding diaryl/α,β-unsaturated/α-hetero) is 1. The van der Waals surface area contributed by atoms with Gasteiger partial charge in [0.1, 0.15) is 11.5 Å². The third-order valence-electron chi connectivity index (χ3n) is 8.18. The highest BCUT2D eigenvalue weighted by atomic mass is 19.1. The Morgan fingerprint density at radius 3 is 2.51 bits per heavy atom. The van der Waals surface area contributed by atoms with Gasteiger partial charge in [-0.3, -0.25) is 9.59 Å². The molecule has 7 nitrogen and oxygen atoms in total. The van der Waals surface area contributed by atoms with Crippen LogP contribution in [0.3, 0.4) is 0 Å². The van der Waals surface area contributed by atoms with Crippen molar-refractivity contribution in [3.63, 3.8) is 0 Å². The van der Waals surface area contributed by atoms with Gasteiger partial charge in [-0.2, -0.15) is 0 Å². The molecule has 0 saturated heterocycles.